The van der Waals surface area contributed by atoms with Gasteiger partial charge in [0.05, 0.1) is 5.54 Å². The molecule has 2 amide bonds. The average molecular weight is 263 g/mol. The maximum absolute atomic E-state index is 11.8. The molecule has 18 heavy (non-hydrogen) atoms. The summed E-state index contributed by atoms with van der Waals surface area (Å²) in [6.07, 6.45) is 4.88. The Hall–Kier alpha value is -1.48. The Labute approximate surface area is 111 Å². The zero-order valence-corrected chi connectivity index (χ0v) is 10.8. The molecule has 1 heterocycles. The summed E-state index contributed by atoms with van der Waals surface area (Å²) in [5, 5.41) is 6.63. The lowest BCUT2D eigenvalue weighted by Gasteiger charge is -2.40. The second-order valence-electron chi connectivity index (χ2n) is 5.01. The van der Waals surface area contributed by atoms with Gasteiger partial charge in [0.15, 0.2) is 0 Å². The Morgan fingerprint density at radius 2 is 2.28 bits per heavy atom. The highest BCUT2D eigenvalue weighted by atomic mass is 35.5. The number of carbonyl (C=O) groups is 1. The van der Waals surface area contributed by atoms with E-state index in [1.54, 1.807) is 6.07 Å². The topological polar surface area (TPSA) is 41.1 Å². The van der Waals surface area contributed by atoms with Crippen LogP contribution in [-0.2, 0) is 5.54 Å². The quantitative estimate of drug-likeness (QED) is 0.802. The van der Waals surface area contributed by atoms with Crippen molar-refractivity contribution >= 4 is 23.3 Å². The van der Waals surface area contributed by atoms with Crippen molar-refractivity contribution < 1.29 is 4.79 Å². The molecule has 2 N–H and O–H groups in total. The van der Waals surface area contributed by atoms with E-state index in [4.69, 9.17) is 11.6 Å². The smallest absolute Gasteiger partial charge is 0.319 e. The number of amides is 2. The Morgan fingerprint density at radius 3 is 2.94 bits per heavy atom. The highest BCUT2D eigenvalue weighted by molar-refractivity contribution is 6.30. The molecule has 1 aliphatic carbocycles. The van der Waals surface area contributed by atoms with E-state index in [9.17, 15) is 4.79 Å². The lowest BCUT2D eigenvalue weighted by Crippen LogP contribution is -2.53. The summed E-state index contributed by atoms with van der Waals surface area (Å²) in [7, 11) is 0. The third-order valence-corrected chi connectivity index (χ3v) is 4.02. The summed E-state index contributed by atoms with van der Waals surface area (Å²) in [4.78, 5) is 11.8. The van der Waals surface area contributed by atoms with Gasteiger partial charge in [-0.25, -0.2) is 4.79 Å². The van der Waals surface area contributed by atoms with Crippen LogP contribution in [-0.4, -0.2) is 6.03 Å². The van der Waals surface area contributed by atoms with Crippen molar-refractivity contribution in [2.75, 3.05) is 5.32 Å². The zero-order chi connectivity index (χ0) is 12.8. The molecular formula is C14H15ClN2O. The summed E-state index contributed by atoms with van der Waals surface area (Å²) in [6, 6.07) is 5.48. The summed E-state index contributed by atoms with van der Waals surface area (Å²) in [5.41, 5.74) is 1.61. The van der Waals surface area contributed by atoms with Crippen molar-refractivity contribution in [3.05, 3.63) is 41.4 Å². The normalized spacial score (nSPS) is 25.9. The average Bonchev–Trinajstić information content (AvgIpc) is 3.14. The van der Waals surface area contributed by atoms with Crippen molar-refractivity contribution in [3.8, 4) is 0 Å². The first-order chi connectivity index (χ1) is 8.65. The fourth-order valence-corrected chi connectivity index (χ4v) is 3.04. The van der Waals surface area contributed by atoms with Crippen LogP contribution in [0.1, 0.15) is 24.8 Å². The molecule has 1 aromatic rings. The predicted molar refractivity (Wildman–Crippen MR) is 72.8 cm³/mol. The lowest BCUT2D eigenvalue weighted by atomic mass is 9.80. The van der Waals surface area contributed by atoms with Crippen molar-refractivity contribution in [3.63, 3.8) is 0 Å². The molecule has 0 spiro atoms. The van der Waals surface area contributed by atoms with Crippen LogP contribution in [0.3, 0.4) is 0 Å². The summed E-state index contributed by atoms with van der Waals surface area (Å²) < 4.78 is 0. The molecule has 4 heteroatoms. The van der Waals surface area contributed by atoms with Gasteiger partial charge >= 0.3 is 6.03 Å². The van der Waals surface area contributed by atoms with Crippen LogP contribution in [0.4, 0.5) is 10.5 Å². The third-order valence-electron chi connectivity index (χ3n) is 3.79. The molecule has 3 rings (SSSR count). The van der Waals surface area contributed by atoms with Gasteiger partial charge in [-0.05, 0) is 43.4 Å². The molecule has 1 unspecified atom stereocenters. The Balaban J connectivity index is 2.16. The SMILES string of the molecule is C=CCC1(C2CC2)NC(=O)Nc2ccc(Cl)cc21. The molecule has 0 aromatic heterocycles. The van der Waals surface area contributed by atoms with E-state index < -0.39 is 0 Å². The van der Waals surface area contributed by atoms with Gasteiger partial charge in [-0.1, -0.05) is 17.7 Å². The minimum absolute atomic E-state index is 0.140. The number of urea groups is 1. The third kappa shape index (κ3) is 1.70. The molecule has 94 valence electrons. The minimum Gasteiger partial charge on any atom is -0.328 e. The number of carbonyl (C=O) groups excluding carboxylic acids is 1. The standard InChI is InChI=1S/C14H15ClN2O/c1-2-7-14(9-3-4-9)11-8-10(15)5-6-12(11)16-13(18)17-14/h2,5-6,8-9H,1,3-4,7H2,(H2,16,17,18). The van der Waals surface area contributed by atoms with Gasteiger partial charge in [0.2, 0.25) is 0 Å². The minimum atomic E-state index is -0.329. The number of fused-ring (bicyclic) bond motifs is 1. The Kier molecular flexibility index (Phi) is 2.59. The number of hydrogen-bond acceptors (Lipinski definition) is 1. The van der Waals surface area contributed by atoms with Crippen molar-refractivity contribution in [2.45, 2.75) is 24.8 Å². The molecule has 1 fully saturated rings. The number of hydrogen-bond donors (Lipinski definition) is 2. The van der Waals surface area contributed by atoms with E-state index >= 15 is 0 Å². The number of anilines is 1. The van der Waals surface area contributed by atoms with E-state index in [1.165, 1.54) is 0 Å². The molecular weight excluding hydrogens is 248 g/mol. The Bertz CT molecular complexity index is 525. The molecule has 1 aromatic carbocycles. The van der Waals surface area contributed by atoms with Crippen LogP contribution in [0.15, 0.2) is 30.9 Å². The molecule has 1 aliphatic heterocycles. The first kappa shape index (κ1) is 11.6. The summed E-state index contributed by atoms with van der Waals surface area (Å²) >= 11 is 6.10. The highest BCUT2D eigenvalue weighted by Crippen LogP contribution is 2.51. The molecule has 0 radical (unpaired) electrons. The molecule has 1 atom stereocenters. The maximum atomic E-state index is 11.8. The predicted octanol–water partition coefficient (Wildman–Crippen LogP) is 3.66. The molecule has 0 saturated heterocycles. The van der Waals surface area contributed by atoms with Crippen LogP contribution in [0.2, 0.25) is 5.02 Å². The van der Waals surface area contributed by atoms with Gasteiger partial charge in [-0.15, -0.1) is 6.58 Å². The van der Waals surface area contributed by atoms with Crippen LogP contribution in [0.25, 0.3) is 0 Å². The van der Waals surface area contributed by atoms with E-state index in [2.05, 4.69) is 17.2 Å². The van der Waals surface area contributed by atoms with Gasteiger partial charge in [0.25, 0.3) is 0 Å². The van der Waals surface area contributed by atoms with Crippen LogP contribution in [0, 0.1) is 5.92 Å². The molecule has 2 aliphatic rings. The van der Waals surface area contributed by atoms with Crippen molar-refractivity contribution in [2.24, 2.45) is 5.92 Å². The molecule has 3 nitrogen and oxygen atoms in total. The lowest BCUT2D eigenvalue weighted by molar-refractivity contribution is 0.225. The largest absolute Gasteiger partial charge is 0.328 e. The van der Waals surface area contributed by atoms with Crippen LogP contribution < -0.4 is 10.6 Å². The monoisotopic (exact) mass is 262 g/mol. The van der Waals surface area contributed by atoms with Crippen LogP contribution >= 0.6 is 11.6 Å². The number of benzene rings is 1. The van der Waals surface area contributed by atoms with Crippen LogP contribution in [0.5, 0.6) is 0 Å². The van der Waals surface area contributed by atoms with Gasteiger partial charge in [-0.2, -0.15) is 0 Å². The van der Waals surface area contributed by atoms with Gasteiger partial charge in [-0.3, -0.25) is 0 Å². The van der Waals surface area contributed by atoms with E-state index in [1.807, 2.05) is 18.2 Å². The van der Waals surface area contributed by atoms with E-state index in [-0.39, 0.29) is 11.6 Å². The first-order valence-electron chi connectivity index (χ1n) is 6.16. The first-order valence-corrected chi connectivity index (χ1v) is 6.53. The summed E-state index contributed by atoms with van der Waals surface area (Å²) in [5.74, 6) is 0.485. The maximum Gasteiger partial charge on any atom is 0.319 e. The van der Waals surface area contributed by atoms with E-state index in [0.29, 0.717) is 10.9 Å². The fourth-order valence-electron chi connectivity index (χ4n) is 2.87. The molecule has 0 bridgehead atoms. The zero-order valence-electron chi connectivity index (χ0n) is 10.0. The number of halogens is 1. The number of nitrogens with one attached hydrogen (secondary N) is 2. The highest BCUT2D eigenvalue weighted by Gasteiger charge is 2.49. The second-order valence-corrected chi connectivity index (χ2v) is 5.44. The van der Waals surface area contributed by atoms with Gasteiger partial charge in [0, 0.05) is 16.3 Å². The van der Waals surface area contributed by atoms with Crippen molar-refractivity contribution in [1.82, 2.24) is 5.32 Å². The van der Waals surface area contributed by atoms with Gasteiger partial charge < -0.3 is 10.6 Å². The van der Waals surface area contributed by atoms with Gasteiger partial charge in [0.1, 0.15) is 0 Å². The number of rotatable bonds is 3. The second kappa shape index (κ2) is 4.02. The van der Waals surface area contributed by atoms with E-state index in [0.717, 1.165) is 30.5 Å². The summed E-state index contributed by atoms with van der Waals surface area (Å²) in [6.45, 7) is 3.83. The van der Waals surface area contributed by atoms with Crippen molar-refractivity contribution in [1.29, 1.82) is 0 Å². The fraction of sp³-hybridized carbons (Fsp3) is 0.357. The Morgan fingerprint density at radius 1 is 1.50 bits per heavy atom. The molecule has 1 saturated carbocycles.